The van der Waals surface area contributed by atoms with Crippen LogP contribution in [-0.4, -0.2) is 18.7 Å². The number of hydrogen-bond acceptors (Lipinski definition) is 4. The van der Waals surface area contributed by atoms with Crippen LogP contribution in [0.3, 0.4) is 0 Å². The summed E-state index contributed by atoms with van der Waals surface area (Å²) in [4.78, 5) is 5.30. The third-order valence-electron chi connectivity index (χ3n) is 2.54. The van der Waals surface area contributed by atoms with Crippen LogP contribution in [0.4, 0.5) is 0 Å². The van der Waals surface area contributed by atoms with Gasteiger partial charge in [-0.05, 0) is 5.56 Å². The van der Waals surface area contributed by atoms with Crippen LogP contribution < -0.4 is 5.32 Å². The minimum absolute atomic E-state index is 0.225. The van der Waals surface area contributed by atoms with Crippen LogP contribution in [0.1, 0.15) is 16.5 Å². The molecule has 2 aromatic rings. The second kappa shape index (κ2) is 6.49. The lowest BCUT2D eigenvalue weighted by Gasteiger charge is -2.17. The topological polar surface area (TPSA) is 34.1 Å². The number of rotatable bonds is 6. The second-order valence-electron chi connectivity index (χ2n) is 3.77. The van der Waals surface area contributed by atoms with Gasteiger partial charge in [-0.15, -0.1) is 11.3 Å². The molecule has 1 unspecified atom stereocenters. The minimum atomic E-state index is 0.225. The van der Waals surface area contributed by atoms with Crippen LogP contribution in [0.5, 0.6) is 0 Å². The third-order valence-corrected chi connectivity index (χ3v) is 3.32. The Hall–Kier alpha value is -1.23. The monoisotopic (exact) mass is 248 g/mol. The predicted molar refractivity (Wildman–Crippen MR) is 70.0 cm³/mol. The first-order chi connectivity index (χ1) is 8.40. The quantitative estimate of drug-likeness (QED) is 0.853. The lowest BCUT2D eigenvalue weighted by molar-refractivity contribution is 0.166. The van der Waals surface area contributed by atoms with Gasteiger partial charge in [-0.25, -0.2) is 0 Å². The lowest BCUT2D eigenvalue weighted by atomic mass is 10.1. The van der Waals surface area contributed by atoms with E-state index in [1.165, 1.54) is 10.4 Å². The van der Waals surface area contributed by atoms with Gasteiger partial charge in [0.15, 0.2) is 0 Å². The molecule has 4 heteroatoms. The van der Waals surface area contributed by atoms with Gasteiger partial charge in [0.25, 0.3) is 0 Å². The molecule has 0 bridgehead atoms. The molecule has 0 saturated carbocycles. The summed E-state index contributed by atoms with van der Waals surface area (Å²) in [6.45, 7) is 1.50. The molecule has 0 aliphatic carbocycles. The van der Waals surface area contributed by atoms with Crippen molar-refractivity contribution in [1.29, 1.82) is 0 Å². The molecule has 1 aromatic carbocycles. The van der Waals surface area contributed by atoms with Gasteiger partial charge in [0.1, 0.15) is 0 Å². The summed E-state index contributed by atoms with van der Waals surface area (Å²) in [5.74, 6) is 0. The van der Waals surface area contributed by atoms with Gasteiger partial charge in [-0.1, -0.05) is 30.3 Å². The molecule has 1 atom stereocenters. The van der Waals surface area contributed by atoms with E-state index in [1.54, 1.807) is 18.4 Å². The fourth-order valence-electron chi connectivity index (χ4n) is 1.68. The number of benzene rings is 1. The Morgan fingerprint density at radius 2 is 2.18 bits per heavy atom. The fraction of sp³-hybridized carbons (Fsp3) is 0.308. The molecule has 0 saturated heterocycles. The maximum Gasteiger partial charge on any atom is 0.0794 e. The first kappa shape index (κ1) is 12.2. The summed E-state index contributed by atoms with van der Waals surface area (Å²) in [7, 11) is 1.73. The van der Waals surface area contributed by atoms with E-state index in [0.29, 0.717) is 6.61 Å². The largest absolute Gasteiger partial charge is 0.383 e. The van der Waals surface area contributed by atoms with E-state index >= 15 is 0 Å². The molecule has 3 nitrogen and oxygen atoms in total. The fourth-order valence-corrected chi connectivity index (χ4v) is 2.22. The van der Waals surface area contributed by atoms with E-state index < -0.39 is 0 Å². The number of aromatic nitrogens is 1. The summed E-state index contributed by atoms with van der Waals surface area (Å²) < 4.78 is 5.25. The summed E-state index contributed by atoms with van der Waals surface area (Å²) in [6.07, 6.45) is 1.90. The van der Waals surface area contributed by atoms with Crippen molar-refractivity contribution in [2.75, 3.05) is 13.7 Å². The van der Waals surface area contributed by atoms with E-state index in [2.05, 4.69) is 22.4 Å². The molecule has 0 amide bonds. The van der Waals surface area contributed by atoms with Crippen LogP contribution in [0.2, 0.25) is 0 Å². The number of thiazole rings is 1. The highest BCUT2D eigenvalue weighted by atomic mass is 32.1. The number of hydrogen-bond donors (Lipinski definition) is 1. The Kier molecular flexibility index (Phi) is 4.67. The smallest absolute Gasteiger partial charge is 0.0794 e. The van der Waals surface area contributed by atoms with Gasteiger partial charge in [-0.2, -0.15) is 0 Å². The number of nitrogens with one attached hydrogen (secondary N) is 1. The van der Waals surface area contributed by atoms with Crippen molar-refractivity contribution >= 4 is 11.3 Å². The Morgan fingerprint density at radius 3 is 2.82 bits per heavy atom. The maximum absolute atomic E-state index is 5.25. The molecular weight excluding hydrogens is 232 g/mol. The summed E-state index contributed by atoms with van der Waals surface area (Å²) >= 11 is 1.66. The van der Waals surface area contributed by atoms with Crippen LogP contribution in [0.15, 0.2) is 42.0 Å². The van der Waals surface area contributed by atoms with E-state index in [9.17, 15) is 0 Å². The van der Waals surface area contributed by atoms with Gasteiger partial charge in [0.2, 0.25) is 0 Å². The van der Waals surface area contributed by atoms with Crippen molar-refractivity contribution in [3.05, 3.63) is 52.5 Å². The van der Waals surface area contributed by atoms with Gasteiger partial charge >= 0.3 is 0 Å². The Balaban J connectivity index is 1.98. The van der Waals surface area contributed by atoms with Crippen molar-refractivity contribution in [1.82, 2.24) is 10.3 Å². The number of methoxy groups -OCH3 is 1. The molecule has 2 rings (SSSR count). The second-order valence-corrected chi connectivity index (χ2v) is 4.74. The summed E-state index contributed by atoms with van der Waals surface area (Å²) in [6, 6.07) is 10.6. The molecule has 1 heterocycles. The summed E-state index contributed by atoms with van der Waals surface area (Å²) in [5.41, 5.74) is 3.10. The van der Waals surface area contributed by atoms with Gasteiger partial charge in [0.05, 0.1) is 18.2 Å². The highest BCUT2D eigenvalue weighted by molar-refractivity contribution is 7.09. The average molecular weight is 248 g/mol. The Labute approximate surface area is 105 Å². The third kappa shape index (κ3) is 3.63. The zero-order valence-electron chi connectivity index (χ0n) is 9.80. The molecule has 0 aliphatic rings. The summed E-state index contributed by atoms with van der Waals surface area (Å²) in [5, 5.41) is 3.48. The standard InChI is InChI=1S/C13H16N2OS/c1-16-9-13(11-5-3-2-4-6-11)15-8-12-7-14-10-17-12/h2-7,10,13,15H,8-9H2,1H3. The van der Waals surface area contributed by atoms with E-state index in [0.717, 1.165) is 6.54 Å². The van der Waals surface area contributed by atoms with Gasteiger partial charge in [-0.3, -0.25) is 4.98 Å². The molecule has 0 spiro atoms. The molecule has 0 radical (unpaired) electrons. The molecule has 17 heavy (non-hydrogen) atoms. The van der Waals surface area contributed by atoms with Crippen LogP contribution in [0.25, 0.3) is 0 Å². The predicted octanol–water partition coefficient (Wildman–Crippen LogP) is 2.62. The number of nitrogens with zero attached hydrogens (tertiary/aromatic N) is 1. The molecule has 1 aromatic heterocycles. The van der Waals surface area contributed by atoms with Gasteiger partial charge < -0.3 is 10.1 Å². The van der Waals surface area contributed by atoms with Crippen molar-refractivity contribution < 1.29 is 4.74 Å². The van der Waals surface area contributed by atoms with E-state index in [1.807, 2.05) is 29.9 Å². The average Bonchev–Trinajstić information content (AvgIpc) is 2.88. The first-order valence-electron chi connectivity index (χ1n) is 5.55. The highest BCUT2D eigenvalue weighted by Gasteiger charge is 2.10. The Bertz CT molecular complexity index is 416. The molecule has 0 fully saturated rings. The molecule has 90 valence electrons. The molecule has 0 aliphatic heterocycles. The van der Waals surface area contributed by atoms with Crippen LogP contribution >= 0.6 is 11.3 Å². The van der Waals surface area contributed by atoms with E-state index in [-0.39, 0.29) is 6.04 Å². The minimum Gasteiger partial charge on any atom is -0.383 e. The normalized spacial score (nSPS) is 12.5. The van der Waals surface area contributed by atoms with Crippen molar-refractivity contribution in [2.45, 2.75) is 12.6 Å². The molecule has 1 N–H and O–H groups in total. The highest BCUT2D eigenvalue weighted by Crippen LogP contribution is 2.14. The van der Waals surface area contributed by atoms with Crippen molar-refractivity contribution in [3.8, 4) is 0 Å². The molecular formula is C13H16N2OS. The Morgan fingerprint density at radius 1 is 1.35 bits per heavy atom. The van der Waals surface area contributed by atoms with Crippen molar-refractivity contribution in [3.63, 3.8) is 0 Å². The van der Waals surface area contributed by atoms with Crippen molar-refractivity contribution in [2.24, 2.45) is 0 Å². The maximum atomic E-state index is 5.25. The zero-order chi connectivity index (χ0) is 11.9. The SMILES string of the molecule is COCC(NCc1cncs1)c1ccccc1. The lowest BCUT2D eigenvalue weighted by Crippen LogP contribution is -2.24. The van der Waals surface area contributed by atoms with E-state index in [4.69, 9.17) is 4.74 Å². The van der Waals surface area contributed by atoms with Crippen LogP contribution in [0, 0.1) is 0 Å². The number of ether oxygens (including phenoxy) is 1. The first-order valence-corrected chi connectivity index (χ1v) is 6.42. The van der Waals surface area contributed by atoms with Gasteiger partial charge in [0, 0.05) is 24.7 Å². The van der Waals surface area contributed by atoms with Crippen LogP contribution in [-0.2, 0) is 11.3 Å². The zero-order valence-corrected chi connectivity index (χ0v) is 10.6.